The first-order chi connectivity index (χ1) is 13.8. The molecule has 0 atom stereocenters. The van der Waals surface area contributed by atoms with E-state index >= 15 is 0 Å². The first-order valence-electron chi connectivity index (χ1n) is 10.3. The summed E-state index contributed by atoms with van der Waals surface area (Å²) in [5.41, 5.74) is 4.87. The Morgan fingerprint density at radius 2 is 2.00 bits per heavy atom. The molecule has 1 aliphatic carbocycles. The molecule has 0 saturated heterocycles. The highest BCUT2D eigenvalue weighted by Crippen LogP contribution is 2.29. The second-order valence-electron chi connectivity index (χ2n) is 7.60. The Balaban J connectivity index is 1.44. The number of allylic oxidation sites excluding steroid dienone is 2. The zero-order valence-corrected chi connectivity index (χ0v) is 16.7. The summed E-state index contributed by atoms with van der Waals surface area (Å²) >= 11 is 0. The van der Waals surface area contributed by atoms with Crippen LogP contribution in [0.25, 0.3) is 5.70 Å². The molecule has 1 fully saturated rings. The van der Waals surface area contributed by atoms with Gasteiger partial charge >= 0.3 is 0 Å². The third-order valence-electron chi connectivity index (χ3n) is 5.93. The van der Waals surface area contributed by atoms with Gasteiger partial charge in [-0.2, -0.15) is 0 Å². The van der Waals surface area contributed by atoms with Crippen LogP contribution in [0, 0.1) is 0 Å². The van der Waals surface area contributed by atoms with Crippen molar-refractivity contribution < 1.29 is 4.74 Å². The van der Waals surface area contributed by atoms with E-state index in [-0.39, 0.29) is 0 Å². The van der Waals surface area contributed by atoms with Crippen LogP contribution in [-0.2, 0) is 12.8 Å². The summed E-state index contributed by atoms with van der Waals surface area (Å²) in [4.78, 5) is 7.14. The van der Waals surface area contributed by atoms with E-state index in [0.717, 1.165) is 42.4 Å². The third kappa shape index (κ3) is 4.12. The van der Waals surface area contributed by atoms with Gasteiger partial charge in [0.2, 0.25) is 5.88 Å². The third-order valence-corrected chi connectivity index (χ3v) is 5.93. The van der Waals surface area contributed by atoms with Gasteiger partial charge in [-0.05, 0) is 61.1 Å². The van der Waals surface area contributed by atoms with Crippen molar-refractivity contribution in [1.82, 2.24) is 15.2 Å². The van der Waals surface area contributed by atoms with Gasteiger partial charge in [-0.3, -0.25) is 4.90 Å². The molecule has 0 amide bonds. The molecule has 146 valence electrons. The lowest BCUT2D eigenvalue weighted by Crippen LogP contribution is -2.41. The van der Waals surface area contributed by atoms with Crippen LogP contribution in [0.1, 0.15) is 36.0 Å². The first kappa shape index (κ1) is 18.8. The van der Waals surface area contributed by atoms with Crippen LogP contribution in [0.4, 0.5) is 0 Å². The number of nitrogens with one attached hydrogen (secondary N) is 1. The Hall–Kier alpha value is -2.59. The summed E-state index contributed by atoms with van der Waals surface area (Å²) in [5.74, 6) is 1.48. The molecule has 2 heterocycles. The molecule has 0 radical (unpaired) electrons. The van der Waals surface area contributed by atoms with E-state index in [1.165, 1.54) is 36.9 Å². The first-order valence-corrected chi connectivity index (χ1v) is 10.3. The zero-order chi connectivity index (χ0) is 19.3. The number of ether oxygens (including phenoxy) is 1. The van der Waals surface area contributed by atoms with E-state index in [2.05, 4.69) is 40.0 Å². The molecule has 2 aromatic rings. The van der Waals surface area contributed by atoms with E-state index < -0.39 is 0 Å². The monoisotopic (exact) mass is 375 g/mol. The molecule has 1 saturated carbocycles. The lowest BCUT2D eigenvalue weighted by atomic mass is 9.91. The molecule has 0 spiro atoms. The summed E-state index contributed by atoms with van der Waals surface area (Å²) in [5, 5.41) is 3.15. The lowest BCUT2D eigenvalue weighted by Gasteiger charge is -2.36. The highest BCUT2D eigenvalue weighted by atomic mass is 16.5. The standard InChI is InChI=1S/C24H29N3O/c1-3-5-23(25-2)20-9-11-24(26-17-20)28-22-10-8-18-12-14-27(21-6-4-7-21)15-13-19(18)16-22/h3,5,8-11,16-17,21,25H,1,4,6-7,12-15H2,2H3/b23-5-. The number of pyridine rings is 1. The van der Waals surface area contributed by atoms with E-state index in [4.69, 9.17) is 4.74 Å². The minimum Gasteiger partial charge on any atom is -0.439 e. The normalized spacial score (nSPS) is 18.0. The smallest absolute Gasteiger partial charge is 0.219 e. The molecule has 4 nitrogen and oxygen atoms in total. The molecule has 4 rings (SSSR count). The average molecular weight is 376 g/mol. The van der Waals surface area contributed by atoms with Gasteiger partial charge in [-0.1, -0.05) is 25.1 Å². The van der Waals surface area contributed by atoms with Crippen molar-refractivity contribution in [2.75, 3.05) is 20.1 Å². The van der Waals surface area contributed by atoms with Crippen molar-refractivity contribution in [3.8, 4) is 11.6 Å². The van der Waals surface area contributed by atoms with Crippen molar-refractivity contribution in [3.05, 3.63) is 72.0 Å². The van der Waals surface area contributed by atoms with Gasteiger partial charge in [-0.25, -0.2) is 4.98 Å². The predicted octanol–water partition coefficient (Wildman–Crippen LogP) is 4.57. The number of hydrogen-bond donors (Lipinski definition) is 1. The van der Waals surface area contributed by atoms with Crippen LogP contribution in [-0.4, -0.2) is 36.1 Å². The fraction of sp³-hybridized carbons (Fsp3) is 0.375. The molecular weight excluding hydrogens is 346 g/mol. The Morgan fingerprint density at radius 3 is 2.64 bits per heavy atom. The van der Waals surface area contributed by atoms with Gasteiger partial charge in [0.25, 0.3) is 0 Å². The summed E-state index contributed by atoms with van der Waals surface area (Å²) in [6.45, 7) is 6.10. The molecule has 1 N–H and O–H groups in total. The fourth-order valence-electron chi connectivity index (χ4n) is 4.06. The molecule has 1 aromatic heterocycles. The van der Waals surface area contributed by atoms with Gasteiger partial charge in [0.05, 0.1) is 0 Å². The van der Waals surface area contributed by atoms with E-state index in [9.17, 15) is 0 Å². The van der Waals surface area contributed by atoms with Crippen molar-refractivity contribution in [1.29, 1.82) is 0 Å². The molecule has 4 heteroatoms. The summed E-state index contributed by atoms with van der Waals surface area (Å²) in [7, 11) is 1.89. The van der Waals surface area contributed by atoms with Crippen LogP contribution in [0.3, 0.4) is 0 Å². The van der Waals surface area contributed by atoms with Crippen LogP contribution in [0.15, 0.2) is 55.3 Å². The number of rotatable bonds is 6. The van der Waals surface area contributed by atoms with Gasteiger partial charge < -0.3 is 10.1 Å². The van der Waals surface area contributed by atoms with Crippen molar-refractivity contribution in [2.45, 2.75) is 38.1 Å². The fourth-order valence-corrected chi connectivity index (χ4v) is 4.06. The summed E-state index contributed by atoms with van der Waals surface area (Å²) in [6.07, 6.45) is 11.9. The highest BCUT2D eigenvalue weighted by molar-refractivity contribution is 5.64. The molecular formula is C24H29N3O. The predicted molar refractivity (Wildman–Crippen MR) is 115 cm³/mol. The number of aromatic nitrogens is 1. The second-order valence-corrected chi connectivity index (χ2v) is 7.60. The minimum atomic E-state index is 0.613. The Morgan fingerprint density at radius 1 is 1.18 bits per heavy atom. The Bertz CT molecular complexity index is 853. The van der Waals surface area contributed by atoms with Gasteiger partial charge in [0.1, 0.15) is 5.75 Å². The lowest BCUT2D eigenvalue weighted by molar-refractivity contribution is 0.133. The number of nitrogens with zero attached hydrogens (tertiary/aromatic N) is 2. The van der Waals surface area contributed by atoms with Gasteiger partial charge in [0, 0.05) is 49.7 Å². The Kier molecular flexibility index (Phi) is 5.77. The zero-order valence-electron chi connectivity index (χ0n) is 16.7. The van der Waals surface area contributed by atoms with E-state index in [1.807, 2.05) is 31.5 Å². The van der Waals surface area contributed by atoms with Crippen molar-refractivity contribution in [2.24, 2.45) is 0 Å². The van der Waals surface area contributed by atoms with Crippen LogP contribution in [0.5, 0.6) is 11.6 Å². The van der Waals surface area contributed by atoms with Gasteiger partial charge in [-0.15, -0.1) is 0 Å². The maximum atomic E-state index is 6.04. The molecule has 2 aliphatic rings. The molecule has 0 bridgehead atoms. The average Bonchev–Trinajstić information content (AvgIpc) is 2.88. The molecule has 28 heavy (non-hydrogen) atoms. The second kappa shape index (κ2) is 8.61. The molecule has 1 aromatic carbocycles. The van der Waals surface area contributed by atoms with Crippen LogP contribution >= 0.6 is 0 Å². The van der Waals surface area contributed by atoms with Crippen LogP contribution in [0.2, 0.25) is 0 Å². The maximum Gasteiger partial charge on any atom is 0.219 e. The SMILES string of the molecule is C=C/C=C(\NC)c1ccc(Oc2ccc3c(c2)CCN(C2CCC2)CC3)nc1. The maximum absolute atomic E-state index is 6.04. The molecule has 0 unspecified atom stereocenters. The number of hydrogen-bond acceptors (Lipinski definition) is 4. The van der Waals surface area contributed by atoms with E-state index in [1.54, 1.807) is 6.08 Å². The van der Waals surface area contributed by atoms with Gasteiger partial charge in [0.15, 0.2) is 0 Å². The Labute approximate surface area is 167 Å². The minimum absolute atomic E-state index is 0.613. The van der Waals surface area contributed by atoms with Crippen molar-refractivity contribution >= 4 is 5.70 Å². The van der Waals surface area contributed by atoms with Crippen LogP contribution < -0.4 is 10.1 Å². The number of benzene rings is 1. The van der Waals surface area contributed by atoms with E-state index in [0.29, 0.717) is 5.88 Å². The quantitative estimate of drug-likeness (QED) is 0.751. The molecule has 1 aliphatic heterocycles. The topological polar surface area (TPSA) is 37.4 Å². The summed E-state index contributed by atoms with van der Waals surface area (Å²) < 4.78 is 6.04. The largest absolute Gasteiger partial charge is 0.439 e. The highest BCUT2D eigenvalue weighted by Gasteiger charge is 2.26. The number of fused-ring (bicyclic) bond motifs is 1. The van der Waals surface area contributed by atoms with Crippen molar-refractivity contribution in [3.63, 3.8) is 0 Å². The summed E-state index contributed by atoms with van der Waals surface area (Å²) in [6, 6.07) is 11.2.